The molecule has 0 saturated carbocycles. The van der Waals surface area contributed by atoms with E-state index in [0.717, 1.165) is 0 Å². The van der Waals surface area contributed by atoms with E-state index in [1.807, 2.05) is 0 Å². The van der Waals surface area contributed by atoms with Gasteiger partial charge in [0.2, 0.25) is 0 Å². The van der Waals surface area contributed by atoms with Crippen LogP contribution in [0.1, 0.15) is 24.9 Å². The van der Waals surface area contributed by atoms with Crippen molar-refractivity contribution in [1.82, 2.24) is 5.32 Å². The molecule has 19 heavy (non-hydrogen) atoms. The molecule has 0 aliphatic heterocycles. The first-order valence-electron chi connectivity index (χ1n) is 5.94. The van der Waals surface area contributed by atoms with Crippen LogP contribution in [-0.2, 0) is 0 Å². The summed E-state index contributed by atoms with van der Waals surface area (Å²) < 4.78 is 55.1. The minimum absolute atomic E-state index is 0.458. The first-order valence-corrected chi connectivity index (χ1v) is 5.94. The predicted octanol–water partition coefficient (Wildman–Crippen LogP) is 3.64. The average Bonchev–Trinajstić information content (AvgIpc) is 2.39. The van der Waals surface area contributed by atoms with E-state index >= 15 is 0 Å². The van der Waals surface area contributed by atoms with Gasteiger partial charge in [0.15, 0.2) is 0 Å². The molecular weight excluding hydrogens is 262 g/mol. The van der Waals surface area contributed by atoms with Crippen LogP contribution in [0.5, 0.6) is 5.75 Å². The van der Waals surface area contributed by atoms with Crippen LogP contribution in [0, 0.1) is 0 Å². The summed E-state index contributed by atoms with van der Waals surface area (Å²) >= 11 is 0. The fourth-order valence-corrected chi connectivity index (χ4v) is 1.76. The molecule has 0 aliphatic carbocycles. The third kappa shape index (κ3) is 4.09. The van der Waals surface area contributed by atoms with Crippen LogP contribution in [0.2, 0.25) is 0 Å². The first kappa shape index (κ1) is 15.8. The van der Waals surface area contributed by atoms with Gasteiger partial charge in [-0.1, -0.05) is 25.1 Å². The van der Waals surface area contributed by atoms with Crippen LogP contribution in [0.25, 0.3) is 0 Å². The Hall–Kier alpha value is -1.30. The van der Waals surface area contributed by atoms with Gasteiger partial charge in [-0.2, -0.15) is 8.78 Å². The standard InChI is InChI=1S/C13H17F4NO/c1-3-10(18-8-13(16,17)12(14)15)9-6-4-5-7-11(9)19-2/h4-7,10,12,18H,3,8H2,1-2H3. The molecule has 0 aromatic heterocycles. The Morgan fingerprint density at radius 2 is 1.89 bits per heavy atom. The zero-order chi connectivity index (χ0) is 14.5. The molecule has 1 atom stereocenters. The van der Waals surface area contributed by atoms with E-state index in [4.69, 9.17) is 4.74 Å². The summed E-state index contributed by atoms with van der Waals surface area (Å²) in [5.74, 6) is -3.49. The van der Waals surface area contributed by atoms with E-state index in [0.29, 0.717) is 17.7 Å². The molecule has 0 amide bonds. The van der Waals surface area contributed by atoms with Gasteiger partial charge in [0, 0.05) is 11.6 Å². The normalized spacial score (nSPS) is 13.6. The van der Waals surface area contributed by atoms with Crippen LogP contribution in [0.4, 0.5) is 17.6 Å². The number of alkyl halides is 4. The number of benzene rings is 1. The maximum absolute atomic E-state index is 12.9. The van der Waals surface area contributed by atoms with Gasteiger partial charge < -0.3 is 10.1 Å². The summed E-state index contributed by atoms with van der Waals surface area (Å²) in [5.41, 5.74) is 0.678. The molecule has 0 fully saturated rings. The van der Waals surface area contributed by atoms with Crippen molar-refractivity contribution in [2.75, 3.05) is 13.7 Å². The number of hydrogen-bond donors (Lipinski definition) is 1. The van der Waals surface area contributed by atoms with Gasteiger partial charge in [-0.25, -0.2) is 8.78 Å². The second kappa shape index (κ2) is 6.75. The van der Waals surface area contributed by atoms with Crippen LogP contribution in [0.15, 0.2) is 24.3 Å². The number of rotatable bonds is 7. The number of para-hydroxylation sites is 1. The second-order valence-electron chi connectivity index (χ2n) is 4.15. The highest BCUT2D eigenvalue weighted by Gasteiger charge is 2.40. The minimum Gasteiger partial charge on any atom is -0.496 e. The Morgan fingerprint density at radius 3 is 2.42 bits per heavy atom. The summed E-state index contributed by atoms with van der Waals surface area (Å²) in [4.78, 5) is 0. The molecule has 1 aromatic rings. The zero-order valence-corrected chi connectivity index (χ0v) is 10.8. The molecule has 0 bridgehead atoms. The van der Waals surface area contributed by atoms with E-state index in [9.17, 15) is 17.6 Å². The molecule has 1 N–H and O–H groups in total. The third-order valence-corrected chi connectivity index (χ3v) is 2.83. The van der Waals surface area contributed by atoms with Crippen molar-refractivity contribution in [3.05, 3.63) is 29.8 Å². The molecule has 1 rings (SSSR count). The Labute approximate surface area is 109 Å². The van der Waals surface area contributed by atoms with Crippen LogP contribution < -0.4 is 10.1 Å². The first-order chi connectivity index (χ1) is 8.92. The van der Waals surface area contributed by atoms with Gasteiger partial charge in [0.25, 0.3) is 0 Å². The van der Waals surface area contributed by atoms with E-state index in [1.54, 1.807) is 31.2 Å². The lowest BCUT2D eigenvalue weighted by molar-refractivity contribution is -0.126. The summed E-state index contributed by atoms with van der Waals surface area (Å²) in [6.07, 6.45) is -3.19. The highest BCUT2D eigenvalue weighted by atomic mass is 19.3. The summed E-state index contributed by atoms with van der Waals surface area (Å²) in [5, 5.41) is 2.47. The van der Waals surface area contributed by atoms with Crippen molar-refractivity contribution >= 4 is 0 Å². The fourth-order valence-electron chi connectivity index (χ4n) is 1.76. The van der Waals surface area contributed by atoms with Crippen molar-refractivity contribution in [2.45, 2.75) is 31.7 Å². The maximum Gasteiger partial charge on any atom is 0.319 e. The number of methoxy groups -OCH3 is 1. The van der Waals surface area contributed by atoms with Crippen molar-refractivity contribution < 1.29 is 22.3 Å². The summed E-state index contributed by atoms with van der Waals surface area (Å²) in [6.45, 7) is 0.714. The molecule has 0 saturated heterocycles. The number of halogens is 4. The van der Waals surface area contributed by atoms with Gasteiger partial charge in [-0.05, 0) is 12.5 Å². The Bertz CT molecular complexity index is 398. The van der Waals surface area contributed by atoms with Gasteiger partial charge in [-0.15, -0.1) is 0 Å². The molecular formula is C13H17F4NO. The van der Waals surface area contributed by atoms with Gasteiger partial charge in [-0.3, -0.25) is 0 Å². The Kier molecular flexibility index (Phi) is 5.60. The number of ether oxygens (including phenoxy) is 1. The molecule has 0 radical (unpaired) electrons. The number of hydrogen-bond acceptors (Lipinski definition) is 2. The van der Waals surface area contributed by atoms with E-state index in [-0.39, 0.29) is 0 Å². The molecule has 0 spiro atoms. The molecule has 108 valence electrons. The van der Waals surface area contributed by atoms with Gasteiger partial charge >= 0.3 is 12.3 Å². The monoisotopic (exact) mass is 279 g/mol. The molecule has 2 nitrogen and oxygen atoms in total. The largest absolute Gasteiger partial charge is 0.496 e. The van der Waals surface area contributed by atoms with E-state index in [2.05, 4.69) is 5.32 Å². The summed E-state index contributed by atoms with van der Waals surface area (Å²) in [6, 6.07) is 6.46. The fraction of sp³-hybridized carbons (Fsp3) is 0.538. The molecule has 1 aromatic carbocycles. The predicted molar refractivity (Wildman–Crippen MR) is 65.0 cm³/mol. The molecule has 6 heteroatoms. The smallest absolute Gasteiger partial charge is 0.319 e. The van der Waals surface area contributed by atoms with Gasteiger partial charge in [0.1, 0.15) is 5.75 Å². The lowest BCUT2D eigenvalue weighted by Gasteiger charge is -2.23. The minimum atomic E-state index is -4.03. The lowest BCUT2D eigenvalue weighted by Crippen LogP contribution is -2.40. The van der Waals surface area contributed by atoms with Crippen molar-refractivity contribution in [1.29, 1.82) is 0 Å². The van der Waals surface area contributed by atoms with E-state index < -0.39 is 24.9 Å². The van der Waals surface area contributed by atoms with E-state index in [1.165, 1.54) is 7.11 Å². The zero-order valence-electron chi connectivity index (χ0n) is 10.8. The number of nitrogens with one attached hydrogen (secondary N) is 1. The maximum atomic E-state index is 12.9. The summed E-state index contributed by atoms with van der Waals surface area (Å²) in [7, 11) is 1.47. The highest BCUT2D eigenvalue weighted by molar-refractivity contribution is 5.35. The van der Waals surface area contributed by atoms with Gasteiger partial charge in [0.05, 0.1) is 13.7 Å². The topological polar surface area (TPSA) is 21.3 Å². The van der Waals surface area contributed by atoms with Crippen molar-refractivity contribution in [2.24, 2.45) is 0 Å². The molecule has 0 aliphatic rings. The average molecular weight is 279 g/mol. The SMILES string of the molecule is CCC(NCC(F)(F)C(F)F)c1ccccc1OC. The Balaban J connectivity index is 2.79. The van der Waals surface area contributed by atoms with Crippen LogP contribution in [-0.4, -0.2) is 26.0 Å². The van der Waals surface area contributed by atoms with Crippen LogP contribution >= 0.6 is 0 Å². The van der Waals surface area contributed by atoms with Crippen molar-refractivity contribution in [3.63, 3.8) is 0 Å². The Morgan fingerprint density at radius 1 is 1.26 bits per heavy atom. The highest BCUT2D eigenvalue weighted by Crippen LogP contribution is 2.28. The molecule has 0 heterocycles. The van der Waals surface area contributed by atoms with Crippen LogP contribution in [0.3, 0.4) is 0 Å². The third-order valence-electron chi connectivity index (χ3n) is 2.83. The van der Waals surface area contributed by atoms with Crippen molar-refractivity contribution in [3.8, 4) is 5.75 Å². The quantitative estimate of drug-likeness (QED) is 0.769. The molecule has 1 unspecified atom stereocenters. The second-order valence-corrected chi connectivity index (χ2v) is 4.15. The lowest BCUT2D eigenvalue weighted by atomic mass is 10.0.